The molecule has 0 saturated carbocycles. The predicted octanol–water partition coefficient (Wildman–Crippen LogP) is 5.02. The zero-order valence-corrected chi connectivity index (χ0v) is 16.9. The molecule has 1 aliphatic heterocycles. The van der Waals surface area contributed by atoms with E-state index in [1.54, 1.807) is 6.07 Å². The van der Waals surface area contributed by atoms with Gasteiger partial charge in [0.1, 0.15) is 11.6 Å². The highest BCUT2D eigenvalue weighted by atomic mass is 19.4. The summed E-state index contributed by atoms with van der Waals surface area (Å²) >= 11 is 0. The number of carbonyl (C=O) groups excluding carboxylic acids is 1. The molecular weight excluding hydrogens is 417 g/mol. The Morgan fingerprint density at radius 1 is 1.06 bits per heavy atom. The van der Waals surface area contributed by atoms with Crippen molar-refractivity contribution in [3.8, 4) is 0 Å². The summed E-state index contributed by atoms with van der Waals surface area (Å²) in [5.41, 5.74) is -1.49. The molecule has 1 saturated heterocycles. The lowest BCUT2D eigenvalue weighted by molar-refractivity contribution is -0.137. The van der Waals surface area contributed by atoms with Crippen molar-refractivity contribution >= 4 is 5.78 Å². The first-order chi connectivity index (χ1) is 14.6. The highest BCUT2D eigenvalue weighted by Crippen LogP contribution is 2.32. The topological polar surface area (TPSA) is 40.5 Å². The highest BCUT2D eigenvalue weighted by molar-refractivity contribution is 5.96. The highest BCUT2D eigenvalue weighted by Gasteiger charge is 2.34. The van der Waals surface area contributed by atoms with Gasteiger partial charge >= 0.3 is 6.18 Å². The monoisotopic (exact) mass is 441 g/mol. The Hall–Kier alpha value is -2.32. The summed E-state index contributed by atoms with van der Waals surface area (Å²) in [6, 6.07) is 7.88. The molecule has 0 bridgehead atoms. The van der Waals surface area contributed by atoms with Crippen molar-refractivity contribution in [3.63, 3.8) is 0 Å². The van der Waals surface area contributed by atoms with Gasteiger partial charge in [-0.05, 0) is 49.6 Å². The maximum atomic E-state index is 13.7. The van der Waals surface area contributed by atoms with E-state index in [4.69, 9.17) is 0 Å². The number of Topliss-reactive ketones (excluding diaryl/α,β-unsaturated/α-hetero) is 1. The quantitative estimate of drug-likeness (QED) is 0.485. The van der Waals surface area contributed by atoms with Gasteiger partial charge in [0.2, 0.25) is 0 Å². The van der Waals surface area contributed by atoms with Crippen LogP contribution in [-0.4, -0.2) is 41.0 Å². The lowest BCUT2D eigenvalue weighted by atomic mass is 9.85. The van der Waals surface area contributed by atoms with Gasteiger partial charge in [-0.3, -0.25) is 4.79 Å². The first-order valence-electron chi connectivity index (χ1n) is 10.1. The fourth-order valence-electron chi connectivity index (χ4n) is 3.92. The minimum absolute atomic E-state index is 0.119. The fraction of sp³-hybridized carbons (Fsp3) is 0.435. The van der Waals surface area contributed by atoms with Gasteiger partial charge in [0.25, 0.3) is 0 Å². The number of halogens is 5. The lowest BCUT2D eigenvalue weighted by Crippen LogP contribution is -2.46. The van der Waals surface area contributed by atoms with Crippen LogP contribution in [0.25, 0.3) is 0 Å². The normalized spacial score (nSPS) is 17.0. The molecule has 1 fully saturated rings. The molecule has 2 aromatic carbocycles. The van der Waals surface area contributed by atoms with E-state index >= 15 is 0 Å². The second-order valence-electron chi connectivity index (χ2n) is 8.09. The SMILES string of the molecule is O=C(CCCN1CCC(O)(Cc2cccc(C(F)(F)F)c2)CC1)c1ccc(F)cc1F. The molecule has 0 atom stereocenters. The van der Waals surface area contributed by atoms with E-state index < -0.39 is 34.8 Å². The van der Waals surface area contributed by atoms with Crippen LogP contribution in [0.1, 0.15) is 47.2 Å². The van der Waals surface area contributed by atoms with Crippen LogP contribution in [0.2, 0.25) is 0 Å². The lowest BCUT2D eigenvalue weighted by Gasteiger charge is -2.38. The molecule has 0 spiro atoms. The number of hydrogen-bond acceptors (Lipinski definition) is 3. The molecule has 0 amide bonds. The summed E-state index contributed by atoms with van der Waals surface area (Å²) in [6.07, 6.45) is -2.85. The molecule has 0 unspecified atom stereocenters. The first-order valence-corrected chi connectivity index (χ1v) is 10.1. The third-order valence-corrected chi connectivity index (χ3v) is 5.68. The second kappa shape index (κ2) is 9.44. The molecule has 1 heterocycles. The van der Waals surface area contributed by atoms with E-state index in [0.29, 0.717) is 50.5 Å². The van der Waals surface area contributed by atoms with Crippen molar-refractivity contribution in [1.82, 2.24) is 4.90 Å². The van der Waals surface area contributed by atoms with E-state index in [9.17, 15) is 31.9 Å². The number of likely N-dealkylation sites (tertiary alicyclic amines) is 1. The first kappa shape index (κ1) is 23.3. The molecule has 8 heteroatoms. The minimum atomic E-state index is -4.42. The molecule has 31 heavy (non-hydrogen) atoms. The molecule has 1 aliphatic rings. The average molecular weight is 441 g/mol. The zero-order chi connectivity index (χ0) is 22.6. The van der Waals surface area contributed by atoms with Gasteiger partial charge in [-0.2, -0.15) is 13.2 Å². The van der Waals surface area contributed by atoms with Gasteiger partial charge in [0.15, 0.2) is 5.78 Å². The molecule has 3 rings (SSSR count). The molecule has 0 aromatic heterocycles. The number of benzene rings is 2. The van der Waals surface area contributed by atoms with Crippen LogP contribution in [0.4, 0.5) is 22.0 Å². The summed E-state index contributed by atoms with van der Waals surface area (Å²) in [7, 11) is 0. The van der Waals surface area contributed by atoms with Crippen LogP contribution in [-0.2, 0) is 12.6 Å². The molecule has 1 N–H and O–H groups in total. The van der Waals surface area contributed by atoms with E-state index in [1.807, 2.05) is 0 Å². The van der Waals surface area contributed by atoms with Crippen LogP contribution in [0.15, 0.2) is 42.5 Å². The Balaban J connectivity index is 1.46. The summed E-state index contributed by atoms with van der Waals surface area (Å²) in [6.45, 7) is 1.68. The van der Waals surface area contributed by atoms with Gasteiger partial charge in [0, 0.05) is 32.0 Å². The van der Waals surface area contributed by atoms with Gasteiger partial charge in [-0.1, -0.05) is 18.2 Å². The van der Waals surface area contributed by atoms with Gasteiger partial charge in [0.05, 0.1) is 16.7 Å². The number of rotatable bonds is 7. The van der Waals surface area contributed by atoms with Crippen molar-refractivity contribution in [3.05, 3.63) is 70.8 Å². The van der Waals surface area contributed by atoms with E-state index in [2.05, 4.69) is 4.90 Å². The molecule has 0 aliphatic carbocycles. The third kappa shape index (κ3) is 6.33. The number of carbonyl (C=O) groups is 1. The Kier molecular flexibility index (Phi) is 7.11. The molecular formula is C23H24F5NO2. The Morgan fingerprint density at radius 2 is 1.77 bits per heavy atom. The van der Waals surface area contributed by atoms with Gasteiger partial charge < -0.3 is 10.0 Å². The summed E-state index contributed by atoms with van der Waals surface area (Å²) < 4.78 is 65.3. The van der Waals surface area contributed by atoms with Crippen molar-refractivity contribution < 1.29 is 31.9 Å². The van der Waals surface area contributed by atoms with E-state index in [-0.39, 0.29) is 18.4 Å². The minimum Gasteiger partial charge on any atom is -0.389 e. The van der Waals surface area contributed by atoms with Crippen LogP contribution < -0.4 is 0 Å². The Bertz CT molecular complexity index is 920. The number of ketones is 1. The molecule has 2 aromatic rings. The van der Waals surface area contributed by atoms with Crippen LogP contribution >= 0.6 is 0 Å². The summed E-state index contributed by atoms with van der Waals surface area (Å²) in [5, 5.41) is 10.8. The number of alkyl halides is 3. The Labute approximate surface area is 177 Å². The van der Waals surface area contributed by atoms with Crippen molar-refractivity contribution in [2.45, 2.75) is 43.9 Å². The standard InChI is InChI=1S/C23H24F5NO2/c24-18-6-7-19(20(25)14-18)21(30)5-2-10-29-11-8-22(31,9-12-29)15-16-3-1-4-17(13-16)23(26,27)28/h1,3-4,6-7,13-14,31H,2,5,8-12,15H2. The summed E-state index contributed by atoms with van der Waals surface area (Å²) in [5.74, 6) is -2.00. The smallest absolute Gasteiger partial charge is 0.389 e. The maximum absolute atomic E-state index is 13.7. The Morgan fingerprint density at radius 3 is 2.42 bits per heavy atom. The van der Waals surface area contributed by atoms with Crippen molar-refractivity contribution in [1.29, 1.82) is 0 Å². The number of hydrogen-bond donors (Lipinski definition) is 1. The number of piperidine rings is 1. The van der Waals surface area contributed by atoms with E-state index in [1.165, 1.54) is 6.07 Å². The predicted molar refractivity (Wildman–Crippen MR) is 106 cm³/mol. The van der Waals surface area contributed by atoms with Crippen LogP contribution in [0.5, 0.6) is 0 Å². The van der Waals surface area contributed by atoms with E-state index in [0.717, 1.165) is 24.3 Å². The third-order valence-electron chi connectivity index (χ3n) is 5.68. The summed E-state index contributed by atoms with van der Waals surface area (Å²) in [4.78, 5) is 14.2. The van der Waals surface area contributed by atoms with Crippen LogP contribution in [0, 0.1) is 11.6 Å². The largest absolute Gasteiger partial charge is 0.416 e. The maximum Gasteiger partial charge on any atom is 0.416 e. The zero-order valence-electron chi connectivity index (χ0n) is 16.9. The van der Waals surface area contributed by atoms with Gasteiger partial charge in [-0.15, -0.1) is 0 Å². The van der Waals surface area contributed by atoms with Gasteiger partial charge in [-0.25, -0.2) is 8.78 Å². The number of aliphatic hydroxyl groups is 1. The van der Waals surface area contributed by atoms with Crippen molar-refractivity contribution in [2.75, 3.05) is 19.6 Å². The average Bonchev–Trinajstić information content (AvgIpc) is 2.69. The van der Waals surface area contributed by atoms with Crippen molar-refractivity contribution in [2.24, 2.45) is 0 Å². The van der Waals surface area contributed by atoms with Crippen LogP contribution in [0.3, 0.4) is 0 Å². The molecule has 168 valence electrons. The molecule has 3 nitrogen and oxygen atoms in total. The number of nitrogens with zero attached hydrogens (tertiary/aromatic N) is 1. The molecule has 0 radical (unpaired) electrons. The second-order valence-corrected chi connectivity index (χ2v) is 8.09. The fourth-order valence-corrected chi connectivity index (χ4v) is 3.92.